The Morgan fingerprint density at radius 3 is 2.67 bits per heavy atom. The molecule has 0 amide bonds. The molecule has 0 aromatic heterocycles. The molecule has 4 heteroatoms. The van der Waals surface area contributed by atoms with Gasteiger partial charge in [0.1, 0.15) is 6.20 Å². The third kappa shape index (κ3) is 2.76. The summed E-state index contributed by atoms with van der Waals surface area (Å²) in [6.45, 7) is 0. The molecule has 0 radical (unpaired) electrons. The zero-order valence-corrected chi connectivity index (χ0v) is 3.00. The summed E-state index contributed by atoms with van der Waals surface area (Å²) in [5, 5.41) is 10.3. The van der Waals surface area contributed by atoms with Crippen molar-refractivity contribution in [2.45, 2.75) is 0 Å². The van der Waals surface area contributed by atoms with E-state index in [1.165, 1.54) is 0 Å². The molecule has 0 fully saturated rings. The van der Waals surface area contributed by atoms with Gasteiger partial charge in [-0.15, -0.1) is 0 Å². The highest BCUT2D eigenvalue weighted by Crippen LogP contribution is 1.70. The summed E-state index contributed by atoms with van der Waals surface area (Å²) in [6, 6.07) is 0. The minimum absolute atomic E-state index is 1.01. The summed E-state index contributed by atoms with van der Waals surface area (Å²) in [7, 11) is 0. The molecular weight excluding hydrogens is 80.1 g/mol. The number of diazo groups is 1. The fourth-order valence-electron chi connectivity index (χ4n) is 0.0631. The summed E-state index contributed by atoms with van der Waals surface area (Å²) >= 11 is 0. The van der Waals surface area contributed by atoms with Crippen LogP contribution in [-0.2, 0) is 0 Å². The van der Waals surface area contributed by atoms with Gasteiger partial charge in [-0.3, -0.25) is 0 Å². The first kappa shape index (κ1) is 4.76. The highest BCUT2D eigenvalue weighted by atomic mass is 14.9. The second-order valence-electron chi connectivity index (χ2n) is 0.543. The molecule has 0 spiro atoms. The van der Waals surface area contributed by atoms with Crippen LogP contribution in [0.15, 0.2) is 17.5 Å². The minimum Gasteiger partial charge on any atom is -0.205 e. The van der Waals surface area contributed by atoms with E-state index < -0.39 is 0 Å². The zero-order chi connectivity index (χ0) is 4.83. The SMILES string of the molecule is N#[N+]C=CN=N. The van der Waals surface area contributed by atoms with E-state index in [9.17, 15) is 0 Å². The van der Waals surface area contributed by atoms with Crippen LogP contribution in [0.3, 0.4) is 0 Å². The Morgan fingerprint density at radius 1 is 1.83 bits per heavy atom. The van der Waals surface area contributed by atoms with E-state index in [0.717, 1.165) is 12.4 Å². The number of nitrogens with one attached hydrogen (secondary N) is 1. The third-order valence-corrected chi connectivity index (χ3v) is 0.208. The van der Waals surface area contributed by atoms with Gasteiger partial charge in [0.15, 0.2) is 4.98 Å². The maximum Gasteiger partial charge on any atom is 0.370 e. The van der Waals surface area contributed by atoms with E-state index >= 15 is 0 Å². The van der Waals surface area contributed by atoms with Crippen molar-refractivity contribution in [2.75, 3.05) is 0 Å². The zero-order valence-electron chi connectivity index (χ0n) is 3.00. The first-order valence-corrected chi connectivity index (χ1v) is 1.27. The van der Waals surface area contributed by atoms with Crippen molar-refractivity contribution in [1.29, 1.82) is 10.9 Å². The van der Waals surface area contributed by atoms with Crippen LogP contribution < -0.4 is 0 Å². The molecule has 0 saturated heterocycles. The molecule has 0 aliphatic heterocycles. The standard InChI is InChI=1S/C2H3N4/c3-5-1-2-6-4/h1-3H/q+1. The highest BCUT2D eigenvalue weighted by Gasteiger charge is 1.69. The van der Waals surface area contributed by atoms with Crippen molar-refractivity contribution in [3.05, 3.63) is 17.4 Å². The molecule has 0 aliphatic rings. The Balaban J connectivity index is 3.26. The Kier molecular flexibility index (Phi) is 2.98. The molecule has 1 N–H and O–H groups in total. The van der Waals surface area contributed by atoms with E-state index in [0.29, 0.717) is 0 Å². The van der Waals surface area contributed by atoms with Gasteiger partial charge in [-0.05, 0) is 0 Å². The largest absolute Gasteiger partial charge is 0.370 e. The predicted octanol–water partition coefficient (Wildman–Crippen LogP) is 1.34. The minimum atomic E-state index is 1.01. The van der Waals surface area contributed by atoms with Gasteiger partial charge >= 0.3 is 6.20 Å². The molecular formula is C2H3N4+. The fraction of sp³-hybridized carbons (Fsp3) is 0. The molecule has 0 unspecified atom stereocenters. The summed E-state index contributed by atoms with van der Waals surface area (Å²) in [4.78, 5) is 2.53. The molecule has 0 aromatic rings. The summed E-state index contributed by atoms with van der Waals surface area (Å²) in [5.74, 6) is 0. The van der Waals surface area contributed by atoms with E-state index in [-0.39, 0.29) is 0 Å². The topological polar surface area (TPSA) is 64.4 Å². The van der Waals surface area contributed by atoms with Gasteiger partial charge in [-0.2, -0.15) is 5.11 Å². The van der Waals surface area contributed by atoms with Crippen LogP contribution in [0, 0.1) is 10.9 Å². The highest BCUT2D eigenvalue weighted by molar-refractivity contribution is 4.83. The van der Waals surface area contributed by atoms with Crippen molar-refractivity contribution in [3.63, 3.8) is 0 Å². The fourth-order valence-corrected chi connectivity index (χ4v) is 0.0631. The molecule has 6 heavy (non-hydrogen) atoms. The van der Waals surface area contributed by atoms with Gasteiger partial charge in [-0.1, -0.05) is 0 Å². The van der Waals surface area contributed by atoms with Crippen LogP contribution in [0.4, 0.5) is 0 Å². The maximum atomic E-state index is 7.59. The van der Waals surface area contributed by atoms with Gasteiger partial charge in [0.2, 0.25) is 5.39 Å². The van der Waals surface area contributed by atoms with E-state index in [1.54, 1.807) is 0 Å². The first-order chi connectivity index (χ1) is 2.91. The molecule has 0 aliphatic carbocycles. The van der Waals surface area contributed by atoms with Crippen LogP contribution in [0.25, 0.3) is 4.98 Å². The predicted molar refractivity (Wildman–Crippen MR) is 19.4 cm³/mol. The quantitative estimate of drug-likeness (QED) is 0.377. The lowest BCUT2D eigenvalue weighted by Crippen LogP contribution is -1.34. The third-order valence-electron chi connectivity index (χ3n) is 0.208. The summed E-state index contributed by atoms with van der Waals surface area (Å²) < 4.78 is 0. The van der Waals surface area contributed by atoms with E-state index in [2.05, 4.69) is 10.1 Å². The Bertz CT molecular complexity index is 96.6. The molecule has 0 bridgehead atoms. The van der Waals surface area contributed by atoms with Crippen molar-refractivity contribution < 1.29 is 0 Å². The molecule has 4 nitrogen and oxygen atoms in total. The smallest absolute Gasteiger partial charge is 0.205 e. The van der Waals surface area contributed by atoms with Gasteiger partial charge in [0.25, 0.3) is 0 Å². The maximum absolute atomic E-state index is 7.59. The van der Waals surface area contributed by atoms with Crippen molar-refractivity contribution in [3.8, 4) is 0 Å². The molecule has 0 rings (SSSR count). The normalized spacial score (nSPS) is 7.83. The molecule has 0 atom stereocenters. The summed E-state index contributed by atoms with van der Waals surface area (Å²) in [6.07, 6.45) is 2.06. The molecule has 30 valence electrons. The average Bonchev–Trinajstić information content (AvgIpc) is 1.61. The Labute approximate surface area is 34.6 Å². The van der Waals surface area contributed by atoms with Crippen molar-refractivity contribution >= 4 is 0 Å². The lowest BCUT2D eigenvalue weighted by molar-refractivity contribution is 1.14. The first-order valence-electron chi connectivity index (χ1n) is 1.27. The van der Waals surface area contributed by atoms with Gasteiger partial charge in [0, 0.05) is 0 Å². The number of hydrogen-bond acceptors (Lipinski definition) is 3. The van der Waals surface area contributed by atoms with Crippen LogP contribution >= 0.6 is 0 Å². The van der Waals surface area contributed by atoms with Crippen molar-refractivity contribution in [2.24, 2.45) is 5.11 Å². The van der Waals surface area contributed by atoms with Crippen LogP contribution in [0.2, 0.25) is 0 Å². The van der Waals surface area contributed by atoms with E-state index in [1.807, 2.05) is 0 Å². The Morgan fingerprint density at radius 2 is 2.50 bits per heavy atom. The van der Waals surface area contributed by atoms with Crippen LogP contribution in [0.1, 0.15) is 0 Å². The van der Waals surface area contributed by atoms with Gasteiger partial charge in [0.05, 0.1) is 0 Å². The average molecular weight is 83.1 g/mol. The lowest BCUT2D eigenvalue weighted by atomic mass is 11.0. The van der Waals surface area contributed by atoms with Crippen LogP contribution in [0.5, 0.6) is 0 Å². The van der Waals surface area contributed by atoms with Crippen molar-refractivity contribution in [1.82, 2.24) is 0 Å². The monoisotopic (exact) mass is 83.0 g/mol. The molecule has 0 saturated carbocycles. The number of nitrogens with zero attached hydrogens (tertiary/aromatic N) is 3. The second-order valence-corrected chi connectivity index (χ2v) is 0.543. The second kappa shape index (κ2) is 3.76. The molecule has 0 aromatic carbocycles. The van der Waals surface area contributed by atoms with E-state index in [4.69, 9.17) is 10.9 Å². The Hall–Kier alpha value is -1.24. The van der Waals surface area contributed by atoms with Crippen LogP contribution in [-0.4, -0.2) is 0 Å². The number of rotatable bonds is 1. The van der Waals surface area contributed by atoms with Gasteiger partial charge in [-0.25, -0.2) is 5.53 Å². The lowest BCUT2D eigenvalue weighted by Gasteiger charge is -1.45. The van der Waals surface area contributed by atoms with Gasteiger partial charge < -0.3 is 0 Å². The molecule has 0 heterocycles. The summed E-state index contributed by atoms with van der Waals surface area (Å²) in [5.41, 5.74) is 6.07. The number of hydrogen-bond donors (Lipinski definition) is 1.